The predicted molar refractivity (Wildman–Crippen MR) is 70.4 cm³/mol. The van der Waals surface area contributed by atoms with Crippen LogP contribution in [0.1, 0.15) is 28.6 Å². The van der Waals surface area contributed by atoms with Gasteiger partial charge in [0, 0.05) is 18.9 Å². The Morgan fingerprint density at radius 1 is 1.26 bits per heavy atom. The van der Waals surface area contributed by atoms with E-state index in [4.69, 9.17) is 0 Å². The molecule has 0 spiro atoms. The summed E-state index contributed by atoms with van der Waals surface area (Å²) in [6, 6.07) is 9.35. The maximum Gasteiger partial charge on any atom is 0.271 e. The van der Waals surface area contributed by atoms with Crippen molar-refractivity contribution in [2.24, 2.45) is 0 Å². The van der Waals surface area contributed by atoms with E-state index in [1.807, 2.05) is 30.3 Å². The molecule has 0 fully saturated rings. The molecule has 0 saturated carbocycles. The molecule has 2 N–H and O–H groups in total. The van der Waals surface area contributed by atoms with Crippen LogP contribution in [0, 0.1) is 0 Å². The van der Waals surface area contributed by atoms with Crippen LogP contribution < -0.4 is 5.32 Å². The number of hydrogen-bond donors (Lipinski definition) is 2. The number of carbonyl (C=O) groups is 1. The van der Waals surface area contributed by atoms with Gasteiger partial charge in [0.1, 0.15) is 5.69 Å². The van der Waals surface area contributed by atoms with E-state index in [2.05, 4.69) is 15.3 Å². The quantitative estimate of drug-likeness (QED) is 0.847. The molecule has 0 bridgehead atoms. The minimum atomic E-state index is -0.580. The molecule has 5 nitrogen and oxygen atoms in total. The molecular weight excluding hydrogens is 242 g/mol. The maximum absolute atomic E-state index is 11.7. The molecular formula is C14H15N3O2. The van der Waals surface area contributed by atoms with Crippen molar-refractivity contribution in [1.29, 1.82) is 0 Å². The molecule has 1 amide bonds. The van der Waals surface area contributed by atoms with Gasteiger partial charge in [-0.05, 0) is 12.0 Å². The van der Waals surface area contributed by atoms with Crippen molar-refractivity contribution in [2.45, 2.75) is 12.5 Å². The molecule has 2 aromatic rings. The minimum Gasteiger partial charge on any atom is -0.388 e. The van der Waals surface area contributed by atoms with Gasteiger partial charge in [-0.1, -0.05) is 30.3 Å². The highest BCUT2D eigenvalue weighted by molar-refractivity contribution is 5.91. The van der Waals surface area contributed by atoms with E-state index < -0.39 is 6.10 Å². The van der Waals surface area contributed by atoms with E-state index in [9.17, 15) is 9.90 Å². The number of aliphatic hydroxyl groups is 1. The second-order valence-corrected chi connectivity index (χ2v) is 4.06. The van der Waals surface area contributed by atoms with Gasteiger partial charge in [-0.15, -0.1) is 0 Å². The molecule has 0 radical (unpaired) electrons. The maximum atomic E-state index is 11.7. The Morgan fingerprint density at radius 2 is 2.05 bits per heavy atom. The molecule has 1 heterocycles. The lowest BCUT2D eigenvalue weighted by Gasteiger charge is -2.11. The Labute approximate surface area is 111 Å². The van der Waals surface area contributed by atoms with Gasteiger partial charge in [0.25, 0.3) is 5.91 Å². The third kappa shape index (κ3) is 3.86. The van der Waals surface area contributed by atoms with E-state index in [1.165, 1.54) is 18.6 Å². The second-order valence-electron chi connectivity index (χ2n) is 4.06. The third-order valence-electron chi connectivity index (χ3n) is 2.68. The number of aliphatic hydroxyl groups excluding tert-OH is 1. The summed E-state index contributed by atoms with van der Waals surface area (Å²) >= 11 is 0. The van der Waals surface area contributed by atoms with Crippen LogP contribution in [-0.2, 0) is 0 Å². The van der Waals surface area contributed by atoms with E-state index in [1.54, 1.807) is 0 Å². The molecule has 1 aromatic heterocycles. The number of amides is 1. The van der Waals surface area contributed by atoms with Crippen molar-refractivity contribution in [3.05, 3.63) is 60.2 Å². The number of aromatic nitrogens is 2. The van der Waals surface area contributed by atoms with Crippen molar-refractivity contribution in [2.75, 3.05) is 6.54 Å². The minimum absolute atomic E-state index is 0.275. The van der Waals surface area contributed by atoms with Gasteiger partial charge in [0.2, 0.25) is 0 Å². The van der Waals surface area contributed by atoms with E-state index in [-0.39, 0.29) is 11.6 Å². The van der Waals surface area contributed by atoms with Crippen molar-refractivity contribution in [1.82, 2.24) is 15.3 Å². The average molecular weight is 257 g/mol. The zero-order valence-corrected chi connectivity index (χ0v) is 10.4. The number of hydrogen-bond acceptors (Lipinski definition) is 4. The number of benzene rings is 1. The number of carbonyl (C=O) groups excluding carboxylic acids is 1. The summed E-state index contributed by atoms with van der Waals surface area (Å²) in [5.41, 5.74) is 1.12. The Balaban J connectivity index is 1.79. The normalized spacial score (nSPS) is 11.8. The van der Waals surface area contributed by atoms with Crippen LogP contribution >= 0.6 is 0 Å². The first-order valence-corrected chi connectivity index (χ1v) is 6.04. The highest BCUT2D eigenvalue weighted by atomic mass is 16.3. The van der Waals surface area contributed by atoms with Gasteiger partial charge >= 0.3 is 0 Å². The van der Waals surface area contributed by atoms with Crippen molar-refractivity contribution in [3.63, 3.8) is 0 Å². The van der Waals surface area contributed by atoms with Gasteiger partial charge < -0.3 is 10.4 Å². The lowest BCUT2D eigenvalue weighted by molar-refractivity contribution is 0.0937. The average Bonchev–Trinajstić information content (AvgIpc) is 2.49. The molecule has 19 heavy (non-hydrogen) atoms. The zero-order chi connectivity index (χ0) is 13.5. The van der Waals surface area contributed by atoms with Crippen LogP contribution in [0.15, 0.2) is 48.9 Å². The van der Waals surface area contributed by atoms with Crippen LogP contribution in [0.5, 0.6) is 0 Å². The largest absolute Gasteiger partial charge is 0.388 e. The molecule has 1 atom stereocenters. The molecule has 2 rings (SSSR count). The monoisotopic (exact) mass is 257 g/mol. The van der Waals surface area contributed by atoms with Crippen molar-refractivity contribution >= 4 is 5.91 Å². The molecule has 0 aliphatic heterocycles. The summed E-state index contributed by atoms with van der Waals surface area (Å²) in [5.74, 6) is -0.284. The van der Waals surface area contributed by atoms with Gasteiger partial charge in [0.05, 0.1) is 12.3 Å². The lowest BCUT2D eigenvalue weighted by Crippen LogP contribution is -2.26. The van der Waals surface area contributed by atoms with Crippen LogP contribution in [0.4, 0.5) is 0 Å². The first kappa shape index (κ1) is 13.2. The van der Waals surface area contributed by atoms with Crippen LogP contribution in [0.25, 0.3) is 0 Å². The van der Waals surface area contributed by atoms with Crippen LogP contribution in [0.2, 0.25) is 0 Å². The fourth-order valence-corrected chi connectivity index (χ4v) is 1.67. The highest BCUT2D eigenvalue weighted by Crippen LogP contribution is 2.14. The van der Waals surface area contributed by atoms with Gasteiger partial charge in [-0.3, -0.25) is 9.78 Å². The molecule has 5 heteroatoms. The molecule has 0 aliphatic rings. The summed E-state index contributed by atoms with van der Waals surface area (Å²) in [4.78, 5) is 19.4. The molecule has 0 aliphatic carbocycles. The summed E-state index contributed by atoms with van der Waals surface area (Å²) in [5, 5.41) is 12.6. The van der Waals surface area contributed by atoms with Crippen molar-refractivity contribution < 1.29 is 9.90 Å². The fraction of sp³-hybridized carbons (Fsp3) is 0.214. The van der Waals surface area contributed by atoms with E-state index >= 15 is 0 Å². The standard InChI is InChI=1S/C14H15N3O2/c18-13(11-4-2-1-3-5-11)6-7-17-14(19)12-10-15-8-9-16-12/h1-5,8-10,13,18H,6-7H2,(H,17,19)/t13-/m0/s1. The summed E-state index contributed by atoms with van der Waals surface area (Å²) in [6.45, 7) is 0.380. The SMILES string of the molecule is O=C(NCC[C@H](O)c1ccccc1)c1cnccn1. The number of rotatable bonds is 5. The van der Waals surface area contributed by atoms with Crippen molar-refractivity contribution in [3.8, 4) is 0 Å². The molecule has 1 aromatic carbocycles. The molecule has 98 valence electrons. The van der Waals surface area contributed by atoms with E-state index in [0.717, 1.165) is 5.56 Å². The van der Waals surface area contributed by atoms with Gasteiger partial charge in [0.15, 0.2) is 0 Å². The highest BCUT2D eigenvalue weighted by Gasteiger charge is 2.09. The second kappa shape index (κ2) is 6.61. The zero-order valence-electron chi connectivity index (χ0n) is 10.4. The lowest BCUT2D eigenvalue weighted by atomic mass is 10.1. The van der Waals surface area contributed by atoms with Crippen LogP contribution in [-0.4, -0.2) is 27.5 Å². The van der Waals surface area contributed by atoms with Gasteiger partial charge in [-0.25, -0.2) is 4.98 Å². The first-order chi connectivity index (χ1) is 9.27. The Morgan fingerprint density at radius 3 is 2.74 bits per heavy atom. The summed E-state index contributed by atoms with van der Waals surface area (Å²) in [7, 11) is 0. The molecule has 0 unspecified atom stereocenters. The fourth-order valence-electron chi connectivity index (χ4n) is 1.67. The number of nitrogens with zero attached hydrogens (tertiary/aromatic N) is 2. The first-order valence-electron chi connectivity index (χ1n) is 6.04. The summed E-state index contributed by atoms with van der Waals surface area (Å²) < 4.78 is 0. The van der Waals surface area contributed by atoms with Gasteiger partial charge in [-0.2, -0.15) is 0 Å². The Kier molecular flexibility index (Phi) is 4.58. The summed E-state index contributed by atoms with van der Waals surface area (Å²) in [6.07, 6.45) is 4.26. The smallest absolute Gasteiger partial charge is 0.271 e. The topological polar surface area (TPSA) is 75.1 Å². The predicted octanol–water partition coefficient (Wildman–Crippen LogP) is 1.33. The number of nitrogens with one attached hydrogen (secondary N) is 1. The van der Waals surface area contributed by atoms with E-state index in [0.29, 0.717) is 13.0 Å². The van der Waals surface area contributed by atoms with Crippen LogP contribution in [0.3, 0.4) is 0 Å². The molecule has 0 saturated heterocycles. The third-order valence-corrected chi connectivity index (χ3v) is 2.68. The Bertz CT molecular complexity index is 517. The Hall–Kier alpha value is -2.27.